The first-order chi connectivity index (χ1) is 14.7. The molecule has 4 heterocycles. The van der Waals surface area contributed by atoms with Crippen molar-refractivity contribution < 1.29 is 18.7 Å². The highest BCUT2D eigenvalue weighted by molar-refractivity contribution is 6.30. The predicted molar refractivity (Wildman–Crippen MR) is 106 cm³/mol. The van der Waals surface area contributed by atoms with Crippen LogP contribution in [0.15, 0.2) is 53.1 Å². The van der Waals surface area contributed by atoms with Gasteiger partial charge in [0.15, 0.2) is 17.2 Å². The van der Waals surface area contributed by atoms with Crippen LogP contribution < -0.4 is 9.47 Å². The number of hydrogen-bond donors (Lipinski definition) is 0. The molecule has 1 atom stereocenters. The molecule has 0 bridgehead atoms. The summed E-state index contributed by atoms with van der Waals surface area (Å²) >= 11 is 5.98. The molecule has 8 nitrogen and oxygen atoms in total. The lowest BCUT2D eigenvalue weighted by atomic mass is 10.1. The lowest BCUT2D eigenvalue weighted by Gasteiger charge is -2.24. The number of halogens is 1. The van der Waals surface area contributed by atoms with Crippen LogP contribution in [0, 0.1) is 0 Å². The van der Waals surface area contributed by atoms with Crippen LogP contribution in [-0.2, 0) is 17.9 Å². The zero-order valence-electron chi connectivity index (χ0n) is 15.6. The van der Waals surface area contributed by atoms with E-state index in [9.17, 15) is 0 Å². The quantitative estimate of drug-likeness (QED) is 0.487. The van der Waals surface area contributed by atoms with Crippen molar-refractivity contribution in [1.82, 2.24) is 19.9 Å². The van der Waals surface area contributed by atoms with E-state index in [1.807, 2.05) is 53.2 Å². The molecule has 0 aliphatic carbocycles. The molecule has 2 aliphatic heterocycles. The van der Waals surface area contributed by atoms with Gasteiger partial charge in [0.2, 0.25) is 12.6 Å². The van der Waals surface area contributed by atoms with Gasteiger partial charge in [-0.25, -0.2) is 0 Å². The van der Waals surface area contributed by atoms with E-state index in [4.69, 9.17) is 30.3 Å². The zero-order chi connectivity index (χ0) is 20.1. The Labute approximate surface area is 175 Å². The van der Waals surface area contributed by atoms with Gasteiger partial charge in [-0.2, -0.15) is 10.1 Å². The van der Waals surface area contributed by atoms with Gasteiger partial charge >= 0.3 is 0 Å². The van der Waals surface area contributed by atoms with E-state index in [2.05, 4.69) is 15.2 Å². The summed E-state index contributed by atoms with van der Waals surface area (Å²) in [6.45, 7) is 1.26. The van der Waals surface area contributed by atoms with Crippen LogP contribution in [0.2, 0.25) is 5.02 Å². The number of aromatic nitrogens is 4. The monoisotopic (exact) mass is 422 g/mol. The van der Waals surface area contributed by atoms with Crippen molar-refractivity contribution in [2.24, 2.45) is 0 Å². The average Bonchev–Trinajstić information content (AvgIpc) is 3.51. The second-order valence-electron chi connectivity index (χ2n) is 7.05. The molecule has 2 aliphatic rings. The Morgan fingerprint density at radius 2 is 1.87 bits per heavy atom. The molecule has 0 fully saturated rings. The fraction of sp³-hybridized carbons (Fsp3) is 0.190. The van der Waals surface area contributed by atoms with E-state index in [1.165, 1.54) is 0 Å². The van der Waals surface area contributed by atoms with Crippen molar-refractivity contribution in [3.05, 3.63) is 64.8 Å². The molecule has 0 spiro atoms. The summed E-state index contributed by atoms with van der Waals surface area (Å²) in [5, 5.41) is 9.44. The van der Waals surface area contributed by atoms with Gasteiger partial charge in [0.25, 0.3) is 5.89 Å². The van der Waals surface area contributed by atoms with Gasteiger partial charge in [-0.3, -0.25) is 4.68 Å². The standard InChI is InChI=1S/C21H15ClN4O4/c22-14-4-1-12(2-5-14)19-9-26-15(10-27-19)8-16(24-26)21-23-20(25-30-21)13-3-6-17-18(7-13)29-11-28-17/h1-8,19H,9-11H2. The first-order valence-corrected chi connectivity index (χ1v) is 9.79. The molecule has 2 aromatic heterocycles. The lowest BCUT2D eigenvalue weighted by molar-refractivity contribution is -0.00112. The summed E-state index contributed by atoms with van der Waals surface area (Å²) in [6, 6.07) is 15.1. The summed E-state index contributed by atoms with van der Waals surface area (Å²) in [5.74, 6) is 2.19. The number of rotatable bonds is 3. The van der Waals surface area contributed by atoms with Crippen LogP contribution in [0.1, 0.15) is 17.4 Å². The van der Waals surface area contributed by atoms with E-state index in [0.717, 1.165) is 16.8 Å². The van der Waals surface area contributed by atoms with E-state index < -0.39 is 0 Å². The van der Waals surface area contributed by atoms with Gasteiger partial charge in [-0.05, 0) is 42.0 Å². The highest BCUT2D eigenvalue weighted by Crippen LogP contribution is 2.36. The fourth-order valence-electron chi connectivity index (χ4n) is 3.59. The number of fused-ring (bicyclic) bond motifs is 2. The summed E-state index contributed by atoms with van der Waals surface area (Å²) in [7, 11) is 0. The summed E-state index contributed by atoms with van der Waals surface area (Å²) in [5.41, 5.74) is 3.41. The maximum atomic E-state index is 6.00. The maximum Gasteiger partial charge on any atom is 0.278 e. The molecule has 2 aromatic carbocycles. The Kier molecular flexibility index (Phi) is 4.00. The smallest absolute Gasteiger partial charge is 0.278 e. The number of ether oxygens (including phenoxy) is 3. The molecule has 0 radical (unpaired) electrons. The highest BCUT2D eigenvalue weighted by Gasteiger charge is 2.25. The van der Waals surface area contributed by atoms with Gasteiger partial charge < -0.3 is 18.7 Å². The SMILES string of the molecule is Clc1ccc(C2Cn3nc(-c4nc(-c5ccc6c(c5)OCO6)no4)cc3CO2)cc1. The first kappa shape index (κ1) is 17.5. The Morgan fingerprint density at radius 3 is 2.77 bits per heavy atom. The molecule has 30 heavy (non-hydrogen) atoms. The van der Waals surface area contributed by atoms with Crippen LogP contribution in [0.4, 0.5) is 0 Å². The van der Waals surface area contributed by atoms with Gasteiger partial charge in [0.1, 0.15) is 6.10 Å². The van der Waals surface area contributed by atoms with Crippen molar-refractivity contribution in [2.75, 3.05) is 6.79 Å². The van der Waals surface area contributed by atoms with Crippen molar-refractivity contribution in [3.8, 4) is 34.5 Å². The Morgan fingerprint density at radius 1 is 1.00 bits per heavy atom. The average molecular weight is 423 g/mol. The second-order valence-corrected chi connectivity index (χ2v) is 7.48. The molecule has 0 amide bonds. The molecular weight excluding hydrogens is 408 g/mol. The van der Waals surface area contributed by atoms with Crippen LogP contribution in [0.25, 0.3) is 23.0 Å². The van der Waals surface area contributed by atoms with Crippen molar-refractivity contribution in [1.29, 1.82) is 0 Å². The minimum Gasteiger partial charge on any atom is -0.454 e. The minimum absolute atomic E-state index is 0.0885. The molecule has 6 rings (SSSR count). The summed E-state index contributed by atoms with van der Waals surface area (Å²) in [4.78, 5) is 4.50. The molecule has 150 valence electrons. The molecular formula is C21H15ClN4O4. The molecule has 4 aromatic rings. The maximum absolute atomic E-state index is 6.00. The highest BCUT2D eigenvalue weighted by atomic mass is 35.5. The summed E-state index contributed by atoms with van der Waals surface area (Å²) in [6.07, 6.45) is -0.0885. The van der Waals surface area contributed by atoms with Crippen LogP contribution >= 0.6 is 11.6 Å². The van der Waals surface area contributed by atoms with E-state index in [0.29, 0.717) is 47.1 Å². The number of nitrogens with zero attached hydrogens (tertiary/aromatic N) is 4. The molecule has 9 heteroatoms. The van der Waals surface area contributed by atoms with Gasteiger partial charge in [-0.1, -0.05) is 28.9 Å². The van der Waals surface area contributed by atoms with Crippen molar-refractivity contribution in [3.63, 3.8) is 0 Å². The van der Waals surface area contributed by atoms with Gasteiger partial charge in [0, 0.05) is 10.6 Å². The lowest BCUT2D eigenvalue weighted by Crippen LogP contribution is -2.21. The molecule has 0 N–H and O–H groups in total. The van der Waals surface area contributed by atoms with E-state index in [-0.39, 0.29) is 12.9 Å². The Balaban J connectivity index is 1.25. The van der Waals surface area contributed by atoms with Crippen LogP contribution in [0.3, 0.4) is 0 Å². The topological polar surface area (TPSA) is 84.4 Å². The van der Waals surface area contributed by atoms with Crippen molar-refractivity contribution in [2.45, 2.75) is 19.3 Å². The molecule has 0 saturated carbocycles. The number of hydrogen-bond acceptors (Lipinski definition) is 7. The fourth-order valence-corrected chi connectivity index (χ4v) is 3.72. The van der Waals surface area contributed by atoms with Gasteiger partial charge in [0.05, 0.1) is 18.8 Å². The minimum atomic E-state index is -0.0885. The normalized spacial score (nSPS) is 17.2. The number of benzene rings is 2. The van der Waals surface area contributed by atoms with E-state index in [1.54, 1.807) is 0 Å². The van der Waals surface area contributed by atoms with Crippen LogP contribution in [0.5, 0.6) is 11.5 Å². The summed E-state index contributed by atoms with van der Waals surface area (Å²) < 4.78 is 24.1. The third-order valence-corrected chi connectivity index (χ3v) is 5.40. The Hall–Kier alpha value is -3.36. The van der Waals surface area contributed by atoms with Crippen molar-refractivity contribution >= 4 is 11.6 Å². The molecule has 1 unspecified atom stereocenters. The third kappa shape index (κ3) is 3.01. The molecule has 0 saturated heterocycles. The second kappa shape index (κ2) is 6.86. The largest absolute Gasteiger partial charge is 0.454 e. The zero-order valence-corrected chi connectivity index (χ0v) is 16.4. The van der Waals surface area contributed by atoms with E-state index >= 15 is 0 Å². The third-order valence-electron chi connectivity index (χ3n) is 5.15. The first-order valence-electron chi connectivity index (χ1n) is 9.41. The predicted octanol–water partition coefficient (Wildman–Crippen LogP) is 4.25. The Bertz CT molecular complexity index is 1230. The van der Waals surface area contributed by atoms with Crippen LogP contribution in [-0.4, -0.2) is 26.7 Å². The van der Waals surface area contributed by atoms with Gasteiger partial charge in [-0.15, -0.1) is 0 Å².